The summed E-state index contributed by atoms with van der Waals surface area (Å²) in [4.78, 5) is 27.2. The van der Waals surface area contributed by atoms with E-state index in [2.05, 4.69) is 33.9 Å². The number of esters is 1. The van der Waals surface area contributed by atoms with E-state index in [9.17, 15) is 9.59 Å². The summed E-state index contributed by atoms with van der Waals surface area (Å²) in [5.74, 6) is -0.425. The molecule has 2 rings (SSSR count). The van der Waals surface area contributed by atoms with Crippen LogP contribution in [0.3, 0.4) is 0 Å². The van der Waals surface area contributed by atoms with E-state index < -0.39 is 32.0 Å². The lowest BCUT2D eigenvalue weighted by atomic mass is 10.2. The molecule has 0 saturated carbocycles. The van der Waals surface area contributed by atoms with Gasteiger partial charge in [0.25, 0.3) is 0 Å². The van der Waals surface area contributed by atoms with Crippen molar-refractivity contribution in [1.29, 1.82) is 0 Å². The van der Waals surface area contributed by atoms with Crippen LogP contribution >= 0.6 is 0 Å². The fourth-order valence-electron chi connectivity index (χ4n) is 3.05. The standard InChI is InChI=1S/C23H37NO5Si/c1-22(2,3)28-21(26)24-15-18(29-30(7,8)23(4,5)6)14-19(24)20(25)27-16-17-12-10-9-11-13-17/h9-13,18-19H,14-16H2,1-8H3/t18-,19?/m0/s1. The van der Waals surface area contributed by atoms with Gasteiger partial charge >= 0.3 is 12.1 Å². The number of amides is 1. The molecule has 1 unspecified atom stereocenters. The van der Waals surface area contributed by atoms with E-state index in [0.29, 0.717) is 13.0 Å². The molecule has 1 aromatic rings. The maximum Gasteiger partial charge on any atom is 0.411 e. The summed E-state index contributed by atoms with van der Waals surface area (Å²) in [7, 11) is -2.05. The number of likely N-dealkylation sites (tertiary alicyclic amines) is 1. The third-order valence-corrected chi connectivity index (χ3v) is 10.2. The molecule has 1 aliphatic heterocycles. The number of benzene rings is 1. The second-order valence-corrected chi connectivity index (χ2v) is 15.2. The summed E-state index contributed by atoms with van der Waals surface area (Å²) in [6, 6.07) is 8.80. The Balaban J connectivity index is 2.14. The molecule has 0 N–H and O–H groups in total. The summed E-state index contributed by atoms with van der Waals surface area (Å²) in [6.07, 6.45) is -0.308. The van der Waals surface area contributed by atoms with Gasteiger partial charge in [0.15, 0.2) is 8.32 Å². The van der Waals surface area contributed by atoms with Crippen LogP contribution in [0.25, 0.3) is 0 Å². The van der Waals surface area contributed by atoms with Gasteiger partial charge in [-0.2, -0.15) is 0 Å². The lowest BCUT2D eigenvalue weighted by Crippen LogP contribution is -2.45. The minimum atomic E-state index is -2.05. The molecule has 0 spiro atoms. The van der Waals surface area contributed by atoms with E-state index in [1.54, 1.807) is 0 Å². The van der Waals surface area contributed by atoms with Crippen molar-refractivity contribution in [3.63, 3.8) is 0 Å². The van der Waals surface area contributed by atoms with Gasteiger partial charge in [-0.3, -0.25) is 4.90 Å². The van der Waals surface area contributed by atoms with Gasteiger partial charge in [-0.15, -0.1) is 0 Å². The highest BCUT2D eigenvalue weighted by atomic mass is 28.4. The first-order chi connectivity index (χ1) is 13.7. The smallest absolute Gasteiger partial charge is 0.411 e. The molecule has 1 heterocycles. The number of nitrogens with zero attached hydrogens (tertiary/aromatic N) is 1. The molecule has 6 nitrogen and oxygen atoms in total. The van der Waals surface area contributed by atoms with E-state index >= 15 is 0 Å². The molecule has 168 valence electrons. The van der Waals surface area contributed by atoms with Crippen molar-refractivity contribution in [1.82, 2.24) is 4.90 Å². The van der Waals surface area contributed by atoms with Crippen molar-refractivity contribution >= 4 is 20.4 Å². The molecule has 1 aliphatic rings. The van der Waals surface area contributed by atoms with Gasteiger partial charge in [0.1, 0.15) is 18.2 Å². The third kappa shape index (κ3) is 6.57. The number of carbonyl (C=O) groups is 2. The van der Waals surface area contributed by atoms with Crippen molar-refractivity contribution in [2.45, 2.75) is 90.4 Å². The maximum atomic E-state index is 12.9. The summed E-state index contributed by atoms with van der Waals surface area (Å²) < 4.78 is 17.6. The van der Waals surface area contributed by atoms with Gasteiger partial charge in [-0.1, -0.05) is 51.1 Å². The largest absolute Gasteiger partial charge is 0.459 e. The quantitative estimate of drug-likeness (QED) is 0.474. The first-order valence-corrected chi connectivity index (χ1v) is 13.5. The van der Waals surface area contributed by atoms with Crippen molar-refractivity contribution in [3.8, 4) is 0 Å². The van der Waals surface area contributed by atoms with E-state index in [0.717, 1.165) is 5.56 Å². The number of ether oxygens (including phenoxy) is 2. The van der Waals surface area contributed by atoms with Crippen molar-refractivity contribution in [2.24, 2.45) is 0 Å². The molecule has 7 heteroatoms. The SMILES string of the molecule is CC(C)(C)OC(=O)N1C[C@@H](O[Si](C)(C)C(C)(C)C)CC1C(=O)OCc1ccccc1. The molecule has 1 amide bonds. The van der Waals surface area contributed by atoms with Crippen LogP contribution in [0.5, 0.6) is 0 Å². The molecule has 0 aliphatic carbocycles. The minimum Gasteiger partial charge on any atom is -0.459 e. The molecular weight excluding hydrogens is 398 g/mol. The van der Waals surface area contributed by atoms with Crippen LogP contribution in [0.1, 0.15) is 53.5 Å². The van der Waals surface area contributed by atoms with E-state index in [1.807, 2.05) is 51.1 Å². The summed E-state index contributed by atoms with van der Waals surface area (Å²) in [6.45, 7) is 16.8. The first kappa shape index (κ1) is 24.4. The van der Waals surface area contributed by atoms with Gasteiger partial charge in [0, 0.05) is 13.0 Å². The highest BCUT2D eigenvalue weighted by Crippen LogP contribution is 2.39. The molecule has 1 aromatic carbocycles. The minimum absolute atomic E-state index is 0.0374. The fraction of sp³-hybridized carbons (Fsp3) is 0.652. The molecule has 1 saturated heterocycles. The normalized spacial score (nSPS) is 20.2. The molecule has 0 aromatic heterocycles. The van der Waals surface area contributed by atoms with E-state index in [1.165, 1.54) is 4.90 Å². The Bertz CT molecular complexity index is 736. The van der Waals surface area contributed by atoms with E-state index in [4.69, 9.17) is 13.9 Å². The molecule has 0 radical (unpaired) electrons. The highest BCUT2D eigenvalue weighted by molar-refractivity contribution is 6.74. The lowest BCUT2D eigenvalue weighted by molar-refractivity contribution is -0.150. The van der Waals surface area contributed by atoms with Crippen molar-refractivity contribution in [2.75, 3.05) is 6.54 Å². The monoisotopic (exact) mass is 435 g/mol. The van der Waals surface area contributed by atoms with Gasteiger partial charge < -0.3 is 13.9 Å². The van der Waals surface area contributed by atoms with Gasteiger partial charge in [-0.25, -0.2) is 9.59 Å². The summed E-state index contributed by atoms with van der Waals surface area (Å²) >= 11 is 0. The maximum absolute atomic E-state index is 12.9. The van der Waals surface area contributed by atoms with Crippen LogP contribution in [-0.2, 0) is 25.3 Å². The van der Waals surface area contributed by atoms with E-state index in [-0.39, 0.29) is 17.7 Å². The summed E-state index contributed by atoms with van der Waals surface area (Å²) in [5.41, 5.74) is 0.259. The predicted octanol–water partition coefficient (Wildman–Crippen LogP) is 5.13. The Kier molecular flexibility index (Phi) is 7.40. The Labute approximate surface area is 182 Å². The Morgan fingerprint density at radius 2 is 1.67 bits per heavy atom. The summed E-state index contributed by atoms with van der Waals surface area (Å²) in [5, 5.41) is 0.0374. The predicted molar refractivity (Wildman–Crippen MR) is 120 cm³/mol. The first-order valence-electron chi connectivity index (χ1n) is 10.6. The number of hydrogen-bond donors (Lipinski definition) is 0. The topological polar surface area (TPSA) is 65.1 Å². The van der Waals surface area contributed by atoms with Crippen LogP contribution < -0.4 is 0 Å². The molecule has 1 fully saturated rings. The zero-order valence-corrected chi connectivity index (χ0v) is 20.7. The Morgan fingerprint density at radius 1 is 1.07 bits per heavy atom. The highest BCUT2D eigenvalue weighted by Gasteiger charge is 2.47. The number of rotatable bonds is 5. The van der Waals surface area contributed by atoms with Gasteiger partial charge in [0.2, 0.25) is 0 Å². The van der Waals surface area contributed by atoms with Crippen molar-refractivity contribution in [3.05, 3.63) is 35.9 Å². The third-order valence-electron chi connectivity index (χ3n) is 5.65. The molecule has 0 bridgehead atoms. The second kappa shape index (κ2) is 9.10. The van der Waals surface area contributed by atoms with Crippen LogP contribution in [0.2, 0.25) is 18.1 Å². The van der Waals surface area contributed by atoms with Gasteiger partial charge in [-0.05, 0) is 44.5 Å². The lowest BCUT2D eigenvalue weighted by Gasteiger charge is -2.38. The fourth-order valence-corrected chi connectivity index (χ4v) is 4.40. The van der Waals surface area contributed by atoms with Gasteiger partial charge in [0.05, 0.1) is 6.10 Å². The number of hydrogen-bond acceptors (Lipinski definition) is 5. The molecular formula is C23H37NO5Si. The molecule has 30 heavy (non-hydrogen) atoms. The van der Waals surface area contributed by atoms with Crippen LogP contribution in [0.15, 0.2) is 30.3 Å². The Morgan fingerprint density at radius 3 is 2.20 bits per heavy atom. The average Bonchev–Trinajstić information content (AvgIpc) is 3.01. The van der Waals surface area contributed by atoms with Crippen molar-refractivity contribution < 1.29 is 23.5 Å². The van der Waals surface area contributed by atoms with Crippen LogP contribution in [0.4, 0.5) is 4.79 Å². The van der Waals surface area contributed by atoms with Crippen LogP contribution in [0, 0.1) is 0 Å². The zero-order chi connectivity index (χ0) is 22.7. The Hall–Kier alpha value is -1.86. The van der Waals surface area contributed by atoms with Crippen LogP contribution in [-0.4, -0.2) is 49.6 Å². The molecule has 2 atom stereocenters. The second-order valence-electron chi connectivity index (χ2n) is 10.5. The zero-order valence-electron chi connectivity index (χ0n) is 19.7. The number of carbonyl (C=O) groups excluding carboxylic acids is 2. The average molecular weight is 436 g/mol.